The van der Waals surface area contributed by atoms with E-state index in [1.807, 2.05) is 103 Å². The van der Waals surface area contributed by atoms with E-state index in [-0.39, 0.29) is 19.1 Å². The summed E-state index contributed by atoms with van der Waals surface area (Å²) in [4.78, 5) is 26.2. The lowest BCUT2D eigenvalue weighted by atomic mass is 9.80. The van der Waals surface area contributed by atoms with Gasteiger partial charge in [-0.25, -0.2) is 4.79 Å². The minimum atomic E-state index is -1.35. The van der Waals surface area contributed by atoms with Crippen LogP contribution in [0.3, 0.4) is 0 Å². The molecule has 1 amide bonds. The molecule has 0 atom stereocenters. The summed E-state index contributed by atoms with van der Waals surface area (Å²) in [5.41, 5.74) is 5.21. The molecule has 0 saturated carbocycles. The first-order valence-corrected chi connectivity index (χ1v) is 14.1. The second kappa shape index (κ2) is 11.9. The SMILES string of the molecule is O=C(CNC(=O)OCC1c2ccccc2-c2ccccc21)OC(c1ccccc1)(c1ccccc1)c1ccccc1Cl. The van der Waals surface area contributed by atoms with Crippen LogP contribution >= 0.6 is 11.6 Å². The fourth-order valence-corrected chi connectivity index (χ4v) is 6.01. The lowest BCUT2D eigenvalue weighted by molar-refractivity contribution is -0.152. The predicted octanol–water partition coefficient (Wildman–Crippen LogP) is 7.71. The van der Waals surface area contributed by atoms with Gasteiger partial charge in [0, 0.05) is 27.6 Å². The summed E-state index contributed by atoms with van der Waals surface area (Å²) in [5.74, 6) is -0.727. The molecule has 1 aliphatic carbocycles. The number of rotatable bonds is 8. The molecule has 0 spiro atoms. The van der Waals surface area contributed by atoms with Crippen LogP contribution in [0, 0.1) is 0 Å². The van der Waals surface area contributed by atoms with E-state index in [1.165, 1.54) is 0 Å². The van der Waals surface area contributed by atoms with E-state index in [1.54, 1.807) is 6.07 Å². The Hall–Kier alpha value is -4.87. The Morgan fingerprint density at radius 3 is 1.74 bits per heavy atom. The van der Waals surface area contributed by atoms with Gasteiger partial charge >= 0.3 is 12.1 Å². The highest BCUT2D eigenvalue weighted by molar-refractivity contribution is 6.31. The van der Waals surface area contributed by atoms with Crippen LogP contribution < -0.4 is 5.32 Å². The second-order valence-electron chi connectivity index (χ2n) is 10.0. The van der Waals surface area contributed by atoms with Crippen molar-refractivity contribution in [3.05, 3.63) is 166 Å². The average Bonchev–Trinajstić information content (AvgIpc) is 3.36. The molecule has 0 aromatic heterocycles. The van der Waals surface area contributed by atoms with Crippen LogP contribution in [-0.2, 0) is 19.9 Å². The fraction of sp³-hybridized carbons (Fsp3) is 0.111. The number of fused-ring (bicyclic) bond motifs is 3. The Morgan fingerprint density at radius 2 is 1.17 bits per heavy atom. The van der Waals surface area contributed by atoms with Gasteiger partial charge in [-0.1, -0.05) is 139 Å². The molecule has 5 nitrogen and oxygen atoms in total. The highest BCUT2D eigenvalue weighted by Crippen LogP contribution is 2.45. The van der Waals surface area contributed by atoms with Crippen molar-refractivity contribution in [3.63, 3.8) is 0 Å². The fourth-order valence-electron chi connectivity index (χ4n) is 5.74. The second-order valence-corrected chi connectivity index (χ2v) is 10.5. The number of nitrogens with one attached hydrogen (secondary N) is 1. The maximum atomic E-state index is 13.4. The van der Waals surface area contributed by atoms with Crippen molar-refractivity contribution in [1.82, 2.24) is 5.32 Å². The topological polar surface area (TPSA) is 64.6 Å². The van der Waals surface area contributed by atoms with Crippen molar-refractivity contribution < 1.29 is 19.1 Å². The Morgan fingerprint density at radius 1 is 0.667 bits per heavy atom. The molecule has 6 heteroatoms. The maximum absolute atomic E-state index is 13.4. The first kappa shape index (κ1) is 27.3. The van der Waals surface area contributed by atoms with E-state index in [2.05, 4.69) is 29.6 Å². The van der Waals surface area contributed by atoms with Crippen LogP contribution in [0.2, 0.25) is 5.02 Å². The highest BCUT2D eigenvalue weighted by Gasteiger charge is 2.42. The predicted molar refractivity (Wildman–Crippen MR) is 163 cm³/mol. The van der Waals surface area contributed by atoms with E-state index in [0.717, 1.165) is 33.4 Å². The lowest BCUT2D eigenvalue weighted by Crippen LogP contribution is -2.40. The van der Waals surface area contributed by atoms with Crippen LogP contribution in [0.15, 0.2) is 133 Å². The summed E-state index contributed by atoms with van der Waals surface area (Å²) in [6.45, 7) is -0.241. The molecule has 5 aromatic rings. The Balaban J connectivity index is 1.21. The molecule has 42 heavy (non-hydrogen) atoms. The number of alkyl carbamates (subject to hydrolysis) is 1. The molecule has 0 saturated heterocycles. The number of hydrogen-bond donors (Lipinski definition) is 1. The Labute approximate surface area is 249 Å². The van der Waals surface area contributed by atoms with Crippen LogP contribution in [0.25, 0.3) is 11.1 Å². The highest BCUT2D eigenvalue weighted by atomic mass is 35.5. The van der Waals surface area contributed by atoms with Crippen LogP contribution in [0.5, 0.6) is 0 Å². The summed E-state index contributed by atoms with van der Waals surface area (Å²) >= 11 is 6.71. The molecule has 0 radical (unpaired) electrons. The number of ether oxygens (including phenoxy) is 2. The summed E-state index contributed by atoms with van der Waals surface area (Å²) < 4.78 is 11.9. The van der Waals surface area contributed by atoms with Gasteiger partial charge < -0.3 is 14.8 Å². The summed E-state index contributed by atoms with van der Waals surface area (Å²) in [5, 5.41) is 3.02. The molecule has 0 fully saturated rings. The van der Waals surface area contributed by atoms with Crippen molar-refractivity contribution in [3.8, 4) is 11.1 Å². The molecule has 5 aromatic carbocycles. The molecule has 1 aliphatic rings. The number of benzene rings is 5. The number of halogens is 1. The zero-order valence-electron chi connectivity index (χ0n) is 22.7. The van der Waals surface area contributed by atoms with Gasteiger partial charge in [0.05, 0.1) is 0 Å². The third-order valence-electron chi connectivity index (χ3n) is 7.60. The third kappa shape index (κ3) is 5.15. The van der Waals surface area contributed by atoms with E-state index in [9.17, 15) is 9.59 Å². The van der Waals surface area contributed by atoms with Crippen LogP contribution in [-0.4, -0.2) is 25.2 Å². The molecule has 1 N–H and O–H groups in total. The van der Waals surface area contributed by atoms with Gasteiger partial charge in [0.25, 0.3) is 0 Å². The third-order valence-corrected chi connectivity index (χ3v) is 7.93. The van der Waals surface area contributed by atoms with E-state index in [4.69, 9.17) is 21.1 Å². The van der Waals surface area contributed by atoms with Gasteiger partial charge in [-0.15, -0.1) is 0 Å². The molecule has 0 unspecified atom stereocenters. The van der Waals surface area contributed by atoms with Crippen LogP contribution in [0.4, 0.5) is 4.79 Å². The standard InChI is InChI=1S/C36H28ClNO4/c37-33-22-12-11-21-32(33)36(25-13-3-1-4-14-25,26-15-5-2-6-16-26)42-34(39)23-38-35(40)41-24-31-29-19-9-7-17-27(29)28-18-8-10-20-30(28)31/h1-22,31H,23-24H2,(H,38,40). The minimum absolute atomic E-state index is 0.0841. The molecule has 208 valence electrons. The van der Waals surface area contributed by atoms with Gasteiger partial charge in [0.1, 0.15) is 13.2 Å². The Kier molecular flexibility index (Phi) is 7.76. The van der Waals surface area contributed by atoms with Gasteiger partial charge in [-0.3, -0.25) is 4.79 Å². The molecule has 6 rings (SSSR count). The van der Waals surface area contributed by atoms with Crippen molar-refractivity contribution >= 4 is 23.7 Å². The van der Waals surface area contributed by atoms with Gasteiger partial charge in [-0.05, 0) is 28.3 Å². The van der Waals surface area contributed by atoms with Crippen LogP contribution in [0.1, 0.15) is 33.7 Å². The number of esters is 1. The number of hydrogen-bond acceptors (Lipinski definition) is 4. The number of carbonyl (C=O) groups is 2. The first-order valence-electron chi connectivity index (χ1n) is 13.7. The molecular weight excluding hydrogens is 546 g/mol. The Bertz CT molecular complexity index is 1640. The zero-order valence-corrected chi connectivity index (χ0v) is 23.5. The van der Waals surface area contributed by atoms with E-state index in [0.29, 0.717) is 10.6 Å². The monoisotopic (exact) mass is 573 g/mol. The van der Waals surface area contributed by atoms with E-state index >= 15 is 0 Å². The summed E-state index contributed by atoms with van der Waals surface area (Å²) in [6.07, 6.45) is -0.698. The smallest absolute Gasteiger partial charge is 0.407 e. The lowest BCUT2D eigenvalue weighted by Gasteiger charge is -2.35. The number of carbonyl (C=O) groups excluding carboxylic acids is 2. The van der Waals surface area contributed by atoms with Gasteiger partial charge in [-0.2, -0.15) is 0 Å². The quantitative estimate of drug-likeness (QED) is 0.152. The van der Waals surface area contributed by atoms with E-state index < -0.39 is 17.7 Å². The largest absolute Gasteiger partial charge is 0.449 e. The molecular formula is C36H28ClNO4. The maximum Gasteiger partial charge on any atom is 0.407 e. The molecule has 0 bridgehead atoms. The molecule has 0 aliphatic heterocycles. The molecule has 0 heterocycles. The van der Waals surface area contributed by atoms with Gasteiger partial charge in [0.15, 0.2) is 5.60 Å². The summed E-state index contributed by atoms with van der Waals surface area (Å²) in [6, 6.07) is 42.4. The number of amides is 1. The minimum Gasteiger partial charge on any atom is -0.449 e. The van der Waals surface area contributed by atoms with Crippen molar-refractivity contribution in [2.75, 3.05) is 13.2 Å². The van der Waals surface area contributed by atoms with Gasteiger partial charge in [0.2, 0.25) is 0 Å². The zero-order chi connectivity index (χ0) is 28.9. The normalized spacial score (nSPS) is 12.2. The summed E-state index contributed by atoms with van der Waals surface area (Å²) in [7, 11) is 0. The average molecular weight is 574 g/mol. The van der Waals surface area contributed by atoms with Crippen molar-refractivity contribution in [2.24, 2.45) is 0 Å². The van der Waals surface area contributed by atoms with Crippen molar-refractivity contribution in [2.45, 2.75) is 11.5 Å². The van der Waals surface area contributed by atoms with Crippen molar-refractivity contribution in [1.29, 1.82) is 0 Å². The first-order chi connectivity index (χ1) is 20.6.